The number of carbonyl (C=O) groups is 1. The van der Waals surface area contributed by atoms with E-state index in [9.17, 15) is 4.79 Å². The summed E-state index contributed by atoms with van der Waals surface area (Å²) >= 11 is 0. The van der Waals surface area contributed by atoms with Crippen molar-refractivity contribution < 1.29 is 14.3 Å². The van der Waals surface area contributed by atoms with Gasteiger partial charge in [-0.15, -0.1) is 0 Å². The Morgan fingerprint density at radius 1 is 0.875 bits per heavy atom. The van der Waals surface area contributed by atoms with E-state index in [0.29, 0.717) is 29.5 Å². The maximum atomic E-state index is 11.2. The standard InChI is InChI=1S/C17H30O3.2C2H6/c1-3-15(18)5-4-12-20-14-17-9-6-16(7-10-17,8-11-17)13-19-2;2*1-2/h3-14H2,1-2H3;2*1-2H3. The number of ketones is 1. The zero-order chi connectivity index (χ0) is 18.5. The Labute approximate surface area is 150 Å². The predicted molar refractivity (Wildman–Crippen MR) is 102 cm³/mol. The Morgan fingerprint density at radius 3 is 1.75 bits per heavy atom. The molecule has 0 unspecified atom stereocenters. The second-order valence-electron chi connectivity index (χ2n) is 6.98. The summed E-state index contributed by atoms with van der Waals surface area (Å²) in [6.45, 7) is 12.5. The van der Waals surface area contributed by atoms with Crippen LogP contribution in [0.2, 0.25) is 0 Å². The molecule has 24 heavy (non-hydrogen) atoms. The average Bonchev–Trinajstić information content (AvgIpc) is 2.66. The lowest BCUT2D eigenvalue weighted by Gasteiger charge is -2.53. The molecule has 144 valence electrons. The van der Waals surface area contributed by atoms with E-state index < -0.39 is 0 Å². The van der Waals surface area contributed by atoms with Crippen molar-refractivity contribution >= 4 is 5.78 Å². The van der Waals surface area contributed by atoms with Gasteiger partial charge >= 0.3 is 0 Å². The zero-order valence-corrected chi connectivity index (χ0v) is 17.2. The number of Topliss-reactive ketones (excluding diaryl/α,β-unsaturated/α-hetero) is 1. The molecule has 0 aromatic carbocycles. The first-order valence-corrected chi connectivity index (χ1v) is 10.2. The highest BCUT2D eigenvalue weighted by Crippen LogP contribution is 2.56. The monoisotopic (exact) mass is 342 g/mol. The van der Waals surface area contributed by atoms with Gasteiger partial charge in [-0.2, -0.15) is 0 Å². The summed E-state index contributed by atoms with van der Waals surface area (Å²) in [4.78, 5) is 11.2. The van der Waals surface area contributed by atoms with Crippen LogP contribution in [0.4, 0.5) is 0 Å². The molecule has 0 amide bonds. The van der Waals surface area contributed by atoms with Crippen LogP contribution in [-0.2, 0) is 14.3 Å². The van der Waals surface area contributed by atoms with E-state index in [2.05, 4.69) is 0 Å². The van der Waals surface area contributed by atoms with E-state index >= 15 is 0 Å². The number of ether oxygens (including phenoxy) is 2. The summed E-state index contributed by atoms with van der Waals surface area (Å²) in [6.07, 6.45) is 10.0. The van der Waals surface area contributed by atoms with Crippen molar-refractivity contribution in [2.45, 2.75) is 92.4 Å². The quantitative estimate of drug-likeness (QED) is 0.497. The van der Waals surface area contributed by atoms with Crippen LogP contribution >= 0.6 is 0 Å². The Balaban J connectivity index is 0.00000123. The van der Waals surface area contributed by atoms with Gasteiger partial charge in [0.2, 0.25) is 0 Å². The van der Waals surface area contributed by atoms with Crippen LogP contribution < -0.4 is 0 Å². The van der Waals surface area contributed by atoms with Gasteiger partial charge in [-0.1, -0.05) is 34.6 Å². The topological polar surface area (TPSA) is 35.5 Å². The van der Waals surface area contributed by atoms with Gasteiger partial charge in [0.15, 0.2) is 0 Å². The molecule has 0 saturated heterocycles. The molecule has 0 atom stereocenters. The summed E-state index contributed by atoms with van der Waals surface area (Å²) in [6, 6.07) is 0. The minimum atomic E-state index is 0.353. The maximum absolute atomic E-state index is 11.2. The molecule has 3 heteroatoms. The lowest BCUT2D eigenvalue weighted by molar-refractivity contribution is -0.119. The Morgan fingerprint density at radius 2 is 1.33 bits per heavy atom. The molecule has 0 spiro atoms. The van der Waals surface area contributed by atoms with Crippen molar-refractivity contribution in [2.24, 2.45) is 10.8 Å². The van der Waals surface area contributed by atoms with Crippen LogP contribution in [0.5, 0.6) is 0 Å². The highest BCUT2D eigenvalue weighted by atomic mass is 16.5. The molecule has 0 aliphatic heterocycles. The molecule has 3 rings (SSSR count). The summed E-state index contributed by atoms with van der Waals surface area (Å²) in [5.74, 6) is 0.353. The molecule has 0 heterocycles. The van der Waals surface area contributed by atoms with Crippen LogP contribution in [0.1, 0.15) is 92.4 Å². The summed E-state index contributed by atoms with van der Waals surface area (Å²) in [5.41, 5.74) is 0.911. The molecule has 3 aliphatic carbocycles. The summed E-state index contributed by atoms with van der Waals surface area (Å²) < 4.78 is 11.3. The second-order valence-corrected chi connectivity index (χ2v) is 6.98. The van der Waals surface area contributed by atoms with Gasteiger partial charge < -0.3 is 9.47 Å². The lowest BCUT2D eigenvalue weighted by atomic mass is 9.54. The van der Waals surface area contributed by atoms with Crippen molar-refractivity contribution in [3.05, 3.63) is 0 Å². The summed E-state index contributed by atoms with van der Waals surface area (Å²) in [5, 5.41) is 0. The van der Waals surface area contributed by atoms with E-state index in [0.717, 1.165) is 26.2 Å². The Hall–Kier alpha value is -0.410. The van der Waals surface area contributed by atoms with Gasteiger partial charge in [0, 0.05) is 26.6 Å². The van der Waals surface area contributed by atoms with Crippen molar-refractivity contribution in [3.8, 4) is 0 Å². The fraction of sp³-hybridized carbons (Fsp3) is 0.952. The first-order chi connectivity index (χ1) is 11.6. The molecule has 0 aromatic rings. The second kappa shape index (κ2) is 12.9. The molecule has 0 N–H and O–H groups in total. The highest BCUT2D eigenvalue weighted by Gasteiger charge is 2.48. The number of methoxy groups -OCH3 is 1. The normalized spacial score (nSPS) is 27.6. The van der Waals surface area contributed by atoms with Gasteiger partial charge in [0.25, 0.3) is 0 Å². The van der Waals surface area contributed by atoms with Crippen LogP contribution in [0, 0.1) is 10.8 Å². The summed E-state index contributed by atoms with van der Waals surface area (Å²) in [7, 11) is 1.83. The molecular weight excluding hydrogens is 300 g/mol. The van der Waals surface area contributed by atoms with Gasteiger partial charge in [-0.05, 0) is 55.8 Å². The molecule has 0 aromatic heterocycles. The maximum Gasteiger partial charge on any atom is 0.132 e. The smallest absolute Gasteiger partial charge is 0.132 e. The van der Waals surface area contributed by atoms with Gasteiger partial charge in [-0.25, -0.2) is 0 Å². The number of hydrogen-bond acceptors (Lipinski definition) is 3. The van der Waals surface area contributed by atoms with E-state index in [-0.39, 0.29) is 0 Å². The molecule has 2 bridgehead atoms. The molecule has 3 saturated carbocycles. The minimum Gasteiger partial charge on any atom is -0.384 e. The number of carbonyl (C=O) groups excluding carboxylic acids is 1. The third-order valence-corrected chi connectivity index (χ3v) is 5.55. The highest BCUT2D eigenvalue weighted by molar-refractivity contribution is 5.77. The zero-order valence-electron chi connectivity index (χ0n) is 17.2. The van der Waals surface area contributed by atoms with E-state index in [1.807, 2.05) is 41.7 Å². The minimum absolute atomic E-state index is 0.353. The van der Waals surface area contributed by atoms with Gasteiger partial charge in [-0.3, -0.25) is 4.79 Å². The van der Waals surface area contributed by atoms with Gasteiger partial charge in [0.05, 0.1) is 13.2 Å². The first-order valence-electron chi connectivity index (χ1n) is 10.2. The van der Waals surface area contributed by atoms with Crippen LogP contribution in [0.15, 0.2) is 0 Å². The Kier molecular flexibility index (Phi) is 12.7. The molecule has 3 fully saturated rings. The number of hydrogen-bond donors (Lipinski definition) is 0. The van der Waals surface area contributed by atoms with E-state index in [1.165, 1.54) is 38.5 Å². The van der Waals surface area contributed by atoms with Gasteiger partial charge in [0.1, 0.15) is 5.78 Å². The van der Waals surface area contributed by atoms with E-state index in [1.54, 1.807) is 0 Å². The molecular formula is C21H42O3. The third kappa shape index (κ3) is 7.23. The van der Waals surface area contributed by atoms with Crippen molar-refractivity contribution in [1.82, 2.24) is 0 Å². The fourth-order valence-corrected chi connectivity index (χ4v) is 3.92. The number of fused-ring (bicyclic) bond motifs is 3. The number of rotatable bonds is 9. The van der Waals surface area contributed by atoms with Crippen LogP contribution in [0.25, 0.3) is 0 Å². The molecule has 3 nitrogen and oxygen atoms in total. The SMILES string of the molecule is CC.CC.CCC(=O)CCCOCC12CCC(COC)(CC1)CC2. The predicted octanol–water partition coefficient (Wildman–Crippen LogP) is 5.80. The Bertz CT molecular complexity index is 301. The van der Waals surface area contributed by atoms with Crippen molar-refractivity contribution in [1.29, 1.82) is 0 Å². The average molecular weight is 343 g/mol. The largest absolute Gasteiger partial charge is 0.384 e. The van der Waals surface area contributed by atoms with E-state index in [4.69, 9.17) is 9.47 Å². The van der Waals surface area contributed by atoms with Crippen LogP contribution in [0.3, 0.4) is 0 Å². The lowest BCUT2D eigenvalue weighted by Crippen LogP contribution is -2.45. The molecule has 0 radical (unpaired) electrons. The fourth-order valence-electron chi connectivity index (χ4n) is 3.92. The first kappa shape index (κ1) is 23.6. The van der Waals surface area contributed by atoms with Crippen molar-refractivity contribution in [2.75, 3.05) is 26.9 Å². The van der Waals surface area contributed by atoms with Crippen LogP contribution in [-0.4, -0.2) is 32.7 Å². The third-order valence-electron chi connectivity index (χ3n) is 5.55. The molecule has 3 aliphatic rings. The van der Waals surface area contributed by atoms with Crippen molar-refractivity contribution in [3.63, 3.8) is 0 Å².